The first kappa shape index (κ1) is 20.0. The Morgan fingerprint density at radius 2 is 1.83 bits per heavy atom. The van der Waals surface area contributed by atoms with Crippen LogP contribution in [-0.2, 0) is 5.54 Å². The largest absolute Gasteiger partial charge is 0.368 e. The molecule has 4 rings (SSSR count). The second kappa shape index (κ2) is 7.88. The average Bonchev–Trinajstić information content (AvgIpc) is 3.18. The summed E-state index contributed by atoms with van der Waals surface area (Å²) < 4.78 is 2.00. The van der Waals surface area contributed by atoms with E-state index in [1.54, 1.807) is 6.20 Å². The van der Waals surface area contributed by atoms with Gasteiger partial charge in [-0.2, -0.15) is 0 Å². The number of anilines is 1. The Morgan fingerprint density at radius 3 is 2.57 bits per heavy atom. The van der Waals surface area contributed by atoms with Crippen LogP contribution in [0.4, 0.5) is 5.82 Å². The number of nitrogens with zero attached hydrogens (tertiary/aromatic N) is 5. The van der Waals surface area contributed by atoms with E-state index < -0.39 is 0 Å². The topological polar surface area (TPSA) is 58.4 Å². The van der Waals surface area contributed by atoms with Crippen LogP contribution in [0.25, 0.3) is 17.0 Å². The first-order valence-corrected chi connectivity index (χ1v) is 10.1. The van der Waals surface area contributed by atoms with Gasteiger partial charge >= 0.3 is 0 Å². The van der Waals surface area contributed by atoms with Crippen molar-refractivity contribution in [3.8, 4) is 11.4 Å². The van der Waals surface area contributed by atoms with Crippen molar-refractivity contribution in [1.29, 1.82) is 0 Å². The molecule has 0 spiro atoms. The molecule has 154 valence electrons. The zero-order chi connectivity index (χ0) is 21.3. The minimum atomic E-state index is -0.175. The van der Waals surface area contributed by atoms with Crippen molar-refractivity contribution in [2.45, 2.75) is 26.3 Å². The molecule has 0 saturated carbocycles. The SMILES string of the molecule is Cc1cc(NCC(C)(c2ccccc2)N(C)C)nc(-c2cn3ccnc3cc2C)n1. The van der Waals surface area contributed by atoms with E-state index in [1.807, 2.05) is 35.9 Å². The van der Waals surface area contributed by atoms with Crippen LogP contribution in [0, 0.1) is 13.8 Å². The predicted octanol–water partition coefficient (Wildman–Crippen LogP) is 4.30. The van der Waals surface area contributed by atoms with Gasteiger partial charge in [0.1, 0.15) is 11.5 Å². The quantitative estimate of drug-likeness (QED) is 0.523. The molecule has 0 radical (unpaired) electrons. The summed E-state index contributed by atoms with van der Waals surface area (Å²) in [5.74, 6) is 1.54. The highest BCUT2D eigenvalue weighted by molar-refractivity contribution is 5.64. The van der Waals surface area contributed by atoms with Crippen molar-refractivity contribution < 1.29 is 0 Å². The van der Waals surface area contributed by atoms with Gasteiger partial charge < -0.3 is 9.72 Å². The van der Waals surface area contributed by atoms with Crippen LogP contribution >= 0.6 is 0 Å². The molecule has 0 saturated heterocycles. The molecule has 0 aliphatic heterocycles. The lowest BCUT2D eigenvalue weighted by Gasteiger charge is -2.37. The number of likely N-dealkylation sites (N-methyl/N-ethyl adjacent to an activating group) is 1. The fourth-order valence-corrected chi connectivity index (χ4v) is 3.65. The monoisotopic (exact) mass is 400 g/mol. The zero-order valence-corrected chi connectivity index (χ0v) is 18.2. The number of benzene rings is 1. The third kappa shape index (κ3) is 3.78. The number of rotatable bonds is 6. The van der Waals surface area contributed by atoms with Crippen molar-refractivity contribution in [2.24, 2.45) is 0 Å². The van der Waals surface area contributed by atoms with E-state index in [1.165, 1.54) is 5.56 Å². The molecule has 3 aromatic heterocycles. The molecular formula is C24H28N6. The van der Waals surface area contributed by atoms with Crippen molar-refractivity contribution in [1.82, 2.24) is 24.3 Å². The van der Waals surface area contributed by atoms with Gasteiger partial charge in [-0.15, -0.1) is 0 Å². The number of hydrogen-bond acceptors (Lipinski definition) is 5. The van der Waals surface area contributed by atoms with E-state index in [0.29, 0.717) is 0 Å². The molecule has 0 fully saturated rings. The smallest absolute Gasteiger partial charge is 0.163 e. The molecule has 30 heavy (non-hydrogen) atoms. The fourth-order valence-electron chi connectivity index (χ4n) is 3.65. The molecule has 3 heterocycles. The number of aromatic nitrogens is 4. The van der Waals surface area contributed by atoms with Crippen LogP contribution in [0.1, 0.15) is 23.7 Å². The molecule has 4 aromatic rings. The number of imidazole rings is 1. The van der Waals surface area contributed by atoms with E-state index in [4.69, 9.17) is 9.97 Å². The number of aryl methyl sites for hydroxylation is 2. The molecule has 0 aliphatic carbocycles. The van der Waals surface area contributed by atoms with E-state index in [-0.39, 0.29) is 5.54 Å². The first-order chi connectivity index (χ1) is 14.4. The summed E-state index contributed by atoms with van der Waals surface area (Å²) in [6.07, 6.45) is 5.79. The van der Waals surface area contributed by atoms with E-state index in [9.17, 15) is 0 Å². The van der Waals surface area contributed by atoms with Gasteiger partial charge in [-0.1, -0.05) is 30.3 Å². The van der Waals surface area contributed by atoms with Gasteiger partial charge in [0.15, 0.2) is 5.82 Å². The number of fused-ring (bicyclic) bond motifs is 1. The van der Waals surface area contributed by atoms with Gasteiger partial charge in [0.25, 0.3) is 0 Å². The number of nitrogens with one attached hydrogen (secondary N) is 1. The van der Waals surface area contributed by atoms with Gasteiger partial charge in [0.2, 0.25) is 0 Å². The van der Waals surface area contributed by atoms with Gasteiger partial charge in [0.05, 0.1) is 5.54 Å². The van der Waals surface area contributed by atoms with E-state index in [0.717, 1.165) is 40.7 Å². The van der Waals surface area contributed by atoms with E-state index in [2.05, 4.69) is 73.5 Å². The third-order valence-electron chi connectivity index (χ3n) is 5.83. The molecule has 1 unspecified atom stereocenters. The van der Waals surface area contributed by atoms with Gasteiger partial charge in [-0.05, 0) is 52.1 Å². The van der Waals surface area contributed by atoms with Gasteiger partial charge in [-0.25, -0.2) is 15.0 Å². The number of hydrogen-bond donors (Lipinski definition) is 1. The zero-order valence-electron chi connectivity index (χ0n) is 18.2. The lowest BCUT2D eigenvalue weighted by Crippen LogP contribution is -2.44. The van der Waals surface area contributed by atoms with Crippen LogP contribution in [0.15, 0.2) is 61.1 Å². The van der Waals surface area contributed by atoms with Crippen LogP contribution in [0.2, 0.25) is 0 Å². The van der Waals surface area contributed by atoms with Crippen molar-refractivity contribution in [2.75, 3.05) is 26.0 Å². The lowest BCUT2D eigenvalue weighted by molar-refractivity contribution is 0.188. The molecule has 1 aromatic carbocycles. The highest BCUT2D eigenvalue weighted by atomic mass is 15.2. The summed E-state index contributed by atoms with van der Waals surface area (Å²) in [6, 6.07) is 14.6. The first-order valence-electron chi connectivity index (χ1n) is 10.1. The minimum Gasteiger partial charge on any atom is -0.368 e. The second-order valence-corrected chi connectivity index (χ2v) is 8.17. The summed E-state index contributed by atoms with van der Waals surface area (Å²) in [4.78, 5) is 16.1. The summed E-state index contributed by atoms with van der Waals surface area (Å²) in [5.41, 5.74) is 5.05. The second-order valence-electron chi connectivity index (χ2n) is 8.17. The minimum absolute atomic E-state index is 0.175. The molecule has 0 amide bonds. The standard InChI is InChI=1S/C24H28N6/c1-17-13-22-25-11-12-30(22)15-20(17)23-27-18(2)14-21(28-23)26-16-24(3,29(4)5)19-9-7-6-8-10-19/h6-15H,16H2,1-5H3,(H,26,27,28). The normalized spacial score (nSPS) is 13.5. The average molecular weight is 401 g/mol. The molecule has 6 heteroatoms. The highest BCUT2D eigenvalue weighted by Gasteiger charge is 2.29. The Morgan fingerprint density at radius 1 is 1.07 bits per heavy atom. The molecular weight excluding hydrogens is 372 g/mol. The summed E-state index contributed by atoms with van der Waals surface area (Å²) >= 11 is 0. The Bertz CT molecular complexity index is 1170. The predicted molar refractivity (Wildman–Crippen MR) is 122 cm³/mol. The Balaban J connectivity index is 1.65. The maximum atomic E-state index is 4.84. The highest BCUT2D eigenvalue weighted by Crippen LogP contribution is 2.27. The van der Waals surface area contributed by atoms with E-state index >= 15 is 0 Å². The summed E-state index contributed by atoms with van der Waals surface area (Å²) in [7, 11) is 4.21. The van der Waals surface area contributed by atoms with Crippen LogP contribution < -0.4 is 5.32 Å². The fraction of sp³-hybridized carbons (Fsp3) is 0.292. The maximum absolute atomic E-state index is 4.84. The summed E-state index contributed by atoms with van der Waals surface area (Å²) in [6.45, 7) is 7.03. The summed E-state index contributed by atoms with van der Waals surface area (Å²) in [5, 5.41) is 3.56. The van der Waals surface area contributed by atoms with Crippen molar-refractivity contribution >= 4 is 11.5 Å². The number of pyridine rings is 1. The molecule has 0 aliphatic rings. The van der Waals surface area contributed by atoms with Gasteiger partial charge in [-0.3, -0.25) is 4.90 Å². The molecule has 1 N–H and O–H groups in total. The molecule has 0 bridgehead atoms. The van der Waals surface area contributed by atoms with Crippen LogP contribution in [0.3, 0.4) is 0 Å². The lowest BCUT2D eigenvalue weighted by atomic mass is 9.90. The Labute approximate surface area is 177 Å². The molecule has 1 atom stereocenters. The van der Waals surface area contributed by atoms with Crippen molar-refractivity contribution in [3.05, 3.63) is 77.9 Å². The van der Waals surface area contributed by atoms with Crippen LogP contribution in [0.5, 0.6) is 0 Å². The third-order valence-corrected chi connectivity index (χ3v) is 5.83. The van der Waals surface area contributed by atoms with Crippen LogP contribution in [-0.4, -0.2) is 44.9 Å². The van der Waals surface area contributed by atoms with Gasteiger partial charge in [0, 0.05) is 42.5 Å². The molecule has 6 nitrogen and oxygen atoms in total. The Kier molecular flexibility index (Phi) is 5.26. The van der Waals surface area contributed by atoms with Crippen molar-refractivity contribution in [3.63, 3.8) is 0 Å². The maximum Gasteiger partial charge on any atom is 0.163 e. The Hall–Kier alpha value is -3.25.